The van der Waals surface area contributed by atoms with Gasteiger partial charge < -0.3 is 9.80 Å². The Balaban J connectivity index is 2.11. The highest BCUT2D eigenvalue weighted by atomic mass is 16.2. The molecule has 0 aromatic heterocycles. The summed E-state index contributed by atoms with van der Waals surface area (Å²) < 4.78 is 0. The molecule has 0 saturated carbocycles. The van der Waals surface area contributed by atoms with Crippen LogP contribution in [0.2, 0.25) is 0 Å². The number of hydrogen-bond donors (Lipinski definition) is 0. The van der Waals surface area contributed by atoms with Crippen molar-refractivity contribution in [1.29, 1.82) is 0 Å². The monoisotopic (exact) mass is 310 g/mol. The highest BCUT2D eigenvalue weighted by molar-refractivity contribution is 5.94. The van der Waals surface area contributed by atoms with Crippen molar-refractivity contribution in [2.75, 3.05) is 31.1 Å². The third-order valence-electron chi connectivity index (χ3n) is 4.10. The Hall–Kier alpha value is -2.13. The Morgan fingerprint density at radius 1 is 0.826 bits per heavy atom. The maximum absolute atomic E-state index is 12.8. The van der Waals surface area contributed by atoms with Crippen molar-refractivity contribution in [1.82, 2.24) is 4.90 Å². The Morgan fingerprint density at radius 3 is 1.96 bits per heavy atom. The van der Waals surface area contributed by atoms with E-state index in [4.69, 9.17) is 0 Å². The van der Waals surface area contributed by atoms with Crippen LogP contribution in [0, 0.1) is 0 Å². The van der Waals surface area contributed by atoms with Crippen molar-refractivity contribution >= 4 is 11.6 Å². The van der Waals surface area contributed by atoms with Crippen molar-refractivity contribution in [3.05, 3.63) is 66.2 Å². The van der Waals surface area contributed by atoms with Gasteiger partial charge in [0.1, 0.15) is 0 Å². The summed E-state index contributed by atoms with van der Waals surface area (Å²) in [6.07, 6.45) is 0.438. The molecule has 0 aliphatic rings. The van der Waals surface area contributed by atoms with Crippen LogP contribution in [0.25, 0.3) is 0 Å². The van der Waals surface area contributed by atoms with E-state index in [0.29, 0.717) is 6.42 Å². The van der Waals surface area contributed by atoms with Gasteiger partial charge in [0.25, 0.3) is 0 Å². The van der Waals surface area contributed by atoms with Crippen LogP contribution in [0.1, 0.15) is 19.4 Å². The Kier molecular flexibility index (Phi) is 6.82. The second-order valence-corrected chi connectivity index (χ2v) is 5.57. The highest BCUT2D eigenvalue weighted by Gasteiger charge is 2.16. The fraction of sp³-hybridized carbons (Fsp3) is 0.350. The van der Waals surface area contributed by atoms with E-state index in [2.05, 4.69) is 18.7 Å². The summed E-state index contributed by atoms with van der Waals surface area (Å²) in [4.78, 5) is 17.1. The molecule has 122 valence electrons. The Labute approximate surface area is 139 Å². The molecular weight excluding hydrogens is 284 g/mol. The summed E-state index contributed by atoms with van der Waals surface area (Å²) in [7, 11) is 0. The van der Waals surface area contributed by atoms with Gasteiger partial charge in [0.05, 0.1) is 6.42 Å². The molecule has 0 unspecified atom stereocenters. The Bertz CT molecular complexity index is 579. The highest BCUT2D eigenvalue weighted by Crippen LogP contribution is 2.15. The summed E-state index contributed by atoms with van der Waals surface area (Å²) in [6.45, 7) is 7.93. The first-order valence-corrected chi connectivity index (χ1v) is 8.36. The summed E-state index contributed by atoms with van der Waals surface area (Å²) >= 11 is 0. The zero-order valence-corrected chi connectivity index (χ0v) is 14.1. The van der Waals surface area contributed by atoms with Crippen molar-refractivity contribution in [2.24, 2.45) is 0 Å². The van der Waals surface area contributed by atoms with E-state index in [0.717, 1.165) is 37.4 Å². The second-order valence-electron chi connectivity index (χ2n) is 5.57. The summed E-state index contributed by atoms with van der Waals surface area (Å²) in [5.41, 5.74) is 2.03. The molecule has 0 aliphatic heterocycles. The first kappa shape index (κ1) is 17.2. The third kappa shape index (κ3) is 5.22. The van der Waals surface area contributed by atoms with Gasteiger partial charge in [-0.05, 0) is 30.8 Å². The topological polar surface area (TPSA) is 23.6 Å². The minimum Gasteiger partial charge on any atom is -0.311 e. The average molecular weight is 310 g/mol. The lowest BCUT2D eigenvalue weighted by atomic mass is 10.1. The molecule has 0 bridgehead atoms. The van der Waals surface area contributed by atoms with Gasteiger partial charge in [-0.2, -0.15) is 0 Å². The molecule has 0 N–H and O–H groups in total. The van der Waals surface area contributed by atoms with E-state index in [9.17, 15) is 4.79 Å². The van der Waals surface area contributed by atoms with Gasteiger partial charge >= 0.3 is 0 Å². The standard InChI is InChI=1S/C20H26N2O/c1-3-21(4-2)15-16-22(19-13-9-6-10-14-19)20(23)17-18-11-7-5-8-12-18/h5-14H,3-4,15-17H2,1-2H3. The fourth-order valence-electron chi connectivity index (χ4n) is 2.65. The number of amides is 1. The molecule has 2 rings (SSSR count). The van der Waals surface area contributed by atoms with E-state index in [1.165, 1.54) is 0 Å². The summed E-state index contributed by atoms with van der Waals surface area (Å²) in [5, 5.41) is 0. The molecule has 1 amide bonds. The number of carbonyl (C=O) groups is 1. The molecule has 2 aromatic rings. The van der Waals surface area contributed by atoms with E-state index in [1.807, 2.05) is 65.6 Å². The SMILES string of the molecule is CCN(CC)CCN(C(=O)Cc1ccccc1)c1ccccc1. The van der Waals surface area contributed by atoms with Gasteiger partial charge in [-0.1, -0.05) is 62.4 Å². The lowest BCUT2D eigenvalue weighted by Gasteiger charge is -2.26. The average Bonchev–Trinajstić information content (AvgIpc) is 2.60. The number of rotatable bonds is 8. The molecule has 0 spiro atoms. The number of hydrogen-bond acceptors (Lipinski definition) is 2. The Morgan fingerprint density at radius 2 is 1.39 bits per heavy atom. The van der Waals surface area contributed by atoms with Gasteiger partial charge in [0, 0.05) is 18.8 Å². The molecule has 0 aliphatic carbocycles. The van der Waals surface area contributed by atoms with Gasteiger partial charge in [0.15, 0.2) is 0 Å². The molecule has 0 heterocycles. The van der Waals surface area contributed by atoms with Crippen molar-refractivity contribution in [3.8, 4) is 0 Å². The van der Waals surface area contributed by atoms with Gasteiger partial charge in [-0.15, -0.1) is 0 Å². The quantitative estimate of drug-likeness (QED) is 0.744. The van der Waals surface area contributed by atoms with Crippen LogP contribution in [-0.2, 0) is 11.2 Å². The molecule has 0 atom stereocenters. The largest absolute Gasteiger partial charge is 0.311 e. The molecule has 0 fully saturated rings. The van der Waals surface area contributed by atoms with Crippen LogP contribution in [-0.4, -0.2) is 37.0 Å². The van der Waals surface area contributed by atoms with Crippen LogP contribution >= 0.6 is 0 Å². The molecule has 3 heteroatoms. The number of likely N-dealkylation sites (N-methyl/N-ethyl adjacent to an activating group) is 1. The first-order valence-electron chi connectivity index (χ1n) is 8.36. The zero-order valence-electron chi connectivity index (χ0n) is 14.1. The van der Waals surface area contributed by atoms with Crippen LogP contribution in [0.4, 0.5) is 5.69 Å². The molecule has 2 aromatic carbocycles. The minimum absolute atomic E-state index is 0.148. The number of carbonyl (C=O) groups excluding carboxylic acids is 1. The number of nitrogens with zero attached hydrogens (tertiary/aromatic N) is 2. The number of benzene rings is 2. The summed E-state index contributed by atoms with van der Waals surface area (Å²) in [6, 6.07) is 19.9. The van der Waals surface area contributed by atoms with Crippen LogP contribution in [0.3, 0.4) is 0 Å². The number of para-hydroxylation sites is 1. The van der Waals surface area contributed by atoms with E-state index in [-0.39, 0.29) is 5.91 Å². The lowest BCUT2D eigenvalue weighted by Crippen LogP contribution is -2.39. The van der Waals surface area contributed by atoms with E-state index >= 15 is 0 Å². The maximum Gasteiger partial charge on any atom is 0.231 e. The predicted octanol–water partition coefficient (Wildman–Crippen LogP) is 3.60. The van der Waals surface area contributed by atoms with Crippen LogP contribution < -0.4 is 4.90 Å². The fourth-order valence-corrected chi connectivity index (χ4v) is 2.65. The second kappa shape index (κ2) is 9.11. The summed E-state index contributed by atoms with van der Waals surface area (Å²) in [5.74, 6) is 0.148. The third-order valence-corrected chi connectivity index (χ3v) is 4.10. The smallest absolute Gasteiger partial charge is 0.231 e. The zero-order chi connectivity index (χ0) is 16.5. The molecule has 0 radical (unpaired) electrons. The molecular formula is C20H26N2O. The van der Waals surface area contributed by atoms with Gasteiger partial charge in [-0.25, -0.2) is 0 Å². The first-order chi connectivity index (χ1) is 11.2. The van der Waals surface area contributed by atoms with Crippen LogP contribution in [0.15, 0.2) is 60.7 Å². The number of anilines is 1. The van der Waals surface area contributed by atoms with E-state index < -0.39 is 0 Å². The molecule has 23 heavy (non-hydrogen) atoms. The minimum atomic E-state index is 0.148. The maximum atomic E-state index is 12.8. The predicted molar refractivity (Wildman–Crippen MR) is 96.7 cm³/mol. The molecule has 3 nitrogen and oxygen atoms in total. The normalized spacial score (nSPS) is 10.7. The van der Waals surface area contributed by atoms with Crippen molar-refractivity contribution < 1.29 is 4.79 Å². The van der Waals surface area contributed by atoms with E-state index in [1.54, 1.807) is 0 Å². The van der Waals surface area contributed by atoms with Crippen LogP contribution in [0.5, 0.6) is 0 Å². The van der Waals surface area contributed by atoms with Gasteiger partial charge in [-0.3, -0.25) is 4.79 Å². The van der Waals surface area contributed by atoms with Crippen molar-refractivity contribution in [3.63, 3.8) is 0 Å². The van der Waals surface area contributed by atoms with Gasteiger partial charge in [0.2, 0.25) is 5.91 Å². The van der Waals surface area contributed by atoms with Crippen molar-refractivity contribution in [2.45, 2.75) is 20.3 Å². The lowest BCUT2D eigenvalue weighted by molar-refractivity contribution is -0.118. The molecule has 0 saturated heterocycles.